The van der Waals surface area contributed by atoms with Gasteiger partial charge in [-0.2, -0.15) is 10.1 Å². The number of phenols is 1. The highest BCUT2D eigenvalue weighted by molar-refractivity contribution is 5.89. The normalized spacial score (nSPS) is 10.5. The van der Waals surface area contributed by atoms with Crippen LogP contribution in [0.4, 0.5) is 5.95 Å². The van der Waals surface area contributed by atoms with E-state index < -0.39 is 0 Å². The van der Waals surface area contributed by atoms with E-state index in [1.54, 1.807) is 41.4 Å². The van der Waals surface area contributed by atoms with E-state index in [1.165, 1.54) is 0 Å². The molecule has 0 spiro atoms. The third-order valence-electron chi connectivity index (χ3n) is 3.51. The standard InChI is InChI=1S/C16H13N5O2.C2H6/c17-16-19-14(13-5-2-6-23-13)12-8-18-21(15(12)20-16)9-10-3-1-4-11(22)7-10;1-2/h1-8,22H,9H2,(H2,17,19,20);1-2H3. The number of aromatic hydroxyl groups is 1. The average molecular weight is 337 g/mol. The first-order valence-electron chi connectivity index (χ1n) is 8.01. The third-order valence-corrected chi connectivity index (χ3v) is 3.51. The van der Waals surface area contributed by atoms with Crippen molar-refractivity contribution in [1.29, 1.82) is 0 Å². The number of aromatic nitrogens is 4. The molecule has 0 amide bonds. The summed E-state index contributed by atoms with van der Waals surface area (Å²) in [6, 6.07) is 10.6. The van der Waals surface area contributed by atoms with Crippen LogP contribution in [-0.4, -0.2) is 24.9 Å². The van der Waals surface area contributed by atoms with Crippen molar-refractivity contribution in [3.63, 3.8) is 0 Å². The van der Waals surface area contributed by atoms with Crippen LogP contribution in [0.25, 0.3) is 22.5 Å². The molecule has 0 saturated carbocycles. The van der Waals surface area contributed by atoms with E-state index in [-0.39, 0.29) is 11.7 Å². The largest absolute Gasteiger partial charge is 0.508 e. The van der Waals surface area contributed by atoms with E-state index in [2.05, 4.69) is 15.1 Å². The van der Waals surface area contributed by atoms with Crippen LogP contribution in [0.2, 0.25) is 0 Å². The van der Waals surface area contributed by atoms with Gasteiger partial charge < -0.3 is 15.3 Å². The van der Waals surface area contributed by atoms with Gasteiger partial charge in [-0.1, -0.05) is 26.0 Å². The van der Waals surface area contributed by atoms with Gasteiger partial charge in [0.1, 0.15) is 11.4 Å². The number of nitrogens with two attached hydrogens (primary N) is 1. The van der Waals surface area contributed by atoms with Gasteiger partial charge in [-0.05, 0) is 29.8 Å². The fourth-order valence-electron chi connectivity index (χ4n) is 2.52. The van der Waals surface area contributed by atoms with Crippen LogP contribution >= 0.6 is 0 Å². The minimum absolute atomic E-state index is 0.154. The van der Waals surface area contributed by atoms with Crippen molar-refractivity contribution in [2.24, 2.45) is 0 Å². The van der Waals surface area contributed by atoms with Crippen LogP contribution in [0.15, 0.2) is 53.3 Å². The first-order chi connectivity index (χ1) is 12.2. The number of furan rings is 1. The fraction of sp³-hybridized carbons (Fsp3) is 0.167. The quantitative estimate of drug-likeness (QED) is 0.593. The van der Waals surface area contributed by atoms with Gasteiger partial charge in [0, 0.05) is 0 Å². The van der Waals surface area contributed by atoms with Crippen molar-refractivity contribution in [3.8, 4) is 17.2 Å². The predicted molar refractivity (Wildman–Crippen MR) is 96.0 cm³/mol. The van der Waals surface area contributed by atoms with E-state index in [1.807, 2.05) is 26.0 Å². The summed E-state index contributed by atoms with van der Waals surface area (Å²) >= 11 is 0. The molecule has 0 radical (unpaired) electrons. The minimum atomic E-state index is 0.154. The molecule has 128 valence electrons. The molecule has 0 saturated heterocycles. The summed E-state index contributed by atoms with van der Waals surface area (Å²) in [7, 11) is 0. The molecule has 0 fully saturated rings. The van der Waals surface area contributed by atoms with Gasteiger partial charge in [0.25, 0.3) is 0 Å². The summed E-state index contributed by atoms with van der Waals surface area (Å²) in [6.07, 6.45) is 3.27. The summed E-state index contributed by atoms with van der Waals surface area (Å²) in [5, 5.41) is 14.7. The summed E-state index contributed by atoms with van der Waals surface area (Å²) in [6.45, 7) is 4.46. The number of hydrogen-bond acceptors (Lipinski definition) is 6. The van der Waals surface area contributed by atoms with E-state index in [0.29, 0.717) is 23.6 Å². The molecule has 0 atom stereocenters. The van der Waals surface area contributed by atoms with E-state index >= 15 is 0 Å². The zero-order chi connectivity index (χ0) is 17.8. The smallest absolute Gasteiger partial charge is 0.222 e. The van der Waals surface area contributed by atoms with Crippen LogP contribution in [0, 0.1) is 0 Å². The van der Waals surface area contributed by atoms with Crippen LogP contribution in [0.3, 0.4) is 0 Å². The second-order valence-electron chi connectivity index (χ2n) is 5.12. The van der Waals surface area contributed by atoms with Gasteiger partial charge in [-0.15, -0.1) is 0 Å². The van der Waals surface area contributed by atoms with Gasteiger partial charge >= 0.3 is 0 Å². The molecule has 3 heterocycles. The minimum Gasteiger partial charge on any atom is -0.508 e. The number of phenolic OH excluding ortho intramolecular Hbond substituents is 1. The number of nitrogen functional groups attached to an aromatic ring is 1. The second kappa shape index (κ2) is 7.04. The molecule has 0 unspecified atom stereocenters. The Balaban J connectivity index is 0.000000880. The summed E-state index contributed by atoms with van der Waals surface area (Å²) in [5.41, 5.74) is 7.97. The Kier molecular flexibility index (Phi) is 4.65. The summed E-state index contributed by atoms with van der Waals surface area (Å²) in [4.78, 5) is 8.55. The Bertz CT molecular complexity index is 976. The molecular formula is C18H19N5O2. The molecule has 4 aromatic rings. The Morgan fingerprint density at radius 2 is 2.00 bits per heavy atom. The zero-order valence-corrected chi connectivity index (χ0v) is 14.0. The molecule has 7 heteroatoms. The number of fused-ring (bicyclic) bond motifs is 1. The van der Waals surface area contributed by atoms with E-state index in [9.17, 15) is 5.11 Å². The summed E-state index contributed by atoms with van der Waals surface area (Å²) in [5.74, 6) is 0.979. The van der Waals surface area contributed by atoms with Crippen LogP contribution < -0.4 is 5.73 Å². The lowest BCUT2D eigenvalue weighted by Gasteiger charge is -2.05. The topological polar surface area (TPSA) is 103 Å². The Morgan fingerprint density at radius 1 is 1.16 bits per heavy atom. The molecule has 7 nitrogen and oxygen atoms in total. The van der Waals surface area contributed by atoms with Crippen molar-refractivity contribution in [2.75, 3.05) is 5.73 Å². The van der Waals surface area contributed by atoms with Crippen molar-refractivity contribution in [3.05, 3.63) is 54.4 Å². The monoisotopic (exact) mass is 337 g/mol. The number of benzene rings is 1. The molecule has 1 aromatic carbocycles. The lowest BCUT2D eigenvalue weighted by atomic mass is 10.2. The van der Waals surface area contributed by atoms with Crippen molar-refractivity contribution in [2.45, 2.75) is 20.4 Å². The number of hydrogen-bond donors (Lipinski definition) is 2. The number of nitrogens with zero attached hydrogens (tertiary/aromatic N) is 4. The number of rotatable bonds is 3. The first-order valence-corrected chi connectivity index (χ1v) is 8.01. The van der Waals surface area contributed by atoms with Gasteiger partial charge in [0.2, 0.25) is 5.95 Å². The summed E-state index contributed by atoms with van der Waals surface area (Å²) < 4.78 is 7.13. The van der Waals surface area contributed by atoms with E-state index in [0.717, 1.165) is 10.9 Å². The molecule has 4 rings (SSSR count). The molecule has 0 aliphatic rings. The van der Waals surface area contributed by atoms with E-state index in [4.69, 9.17) is 10.2 Å². The lowest BCUT2D eigenvalue weighted by Crippen LogP contribution is -2.05. The van der Waals surface area contributed by atoms with Crippen LogP contribution in [0.1, 0.15) is 19.4 Å². The molecule has 0 aliphatic carbocycles. The SMILES string of the molecule is CC.Nc1nc(-c2ccco2)c2cnn(Cc3cccc(O)c3)c2n1. The molecule has 25 heavy (non-hydrogen) atoms. The van der Waals surface area contributed by atoms with Crippen LogP contribution in [-0.2, 0) is 6.54 Å². The molecule has 0 bridgehead atoms. The Labute approximate surface area is 144 Å². The lowest BCUT2D eigenvalue weighted by molar-refractivity contribution is 0.474. The highest BCUT2D eigenvalue weighted by atomic mass is 16.3. The fourth-order valence-corrected chi connectivity index (χ4v) is 2.52. The van der Waals surface area contributed by atoms with Crippen molar-refractivity contribution >= 4 is 17.0 Å². The molecule has 3 N–H and O–H groups in total. The van der Waals surface area contributed by atoms with Crippen LogP contribution in [0.5, 0.6) is 5.75 Å². The molecule has 0 aliphatic heterocycles. The molecule has 3 aromatic heterocycles. The first kappa shape index (κ1) is 16.5. The highest BCUT2D eigenvalue weighted by Gasteiger charge is 2.15. The number of anilines is 1. The third kappa shape index (κ3) is 3.30. The van der Waals surface area contributed by atoms with Gasteiger partial charge in [0.05, 0.1) is 24.4 Å². The second-order valence-corrected chi connectivity index (χ2v) is 5.12. The predicted octanol–water partition coefficient (Wildman–Crippen LogP) is 3.45. The zero-order valence-electron chi connectivity index (χ0n) is 14.0. The van der Waals surface area contributed by atoms with Gasteiger partial charge in [-0.3, -0.25) is 0 Å². The maximum Gasteiger partial charge on any atom is 0.222 e. The van der Waals surface area contributed by atoms with Gasteiger partial charge in [0.15, 0.2) is 11.4 Å². The Hall–Kier alpha value is -3.35. The van der Waals surface area contributed by atoms with Crippen molar-refractivity contribution < 1.29 is 9.52 Å². The highest BCUT2D eigenvalue weighted by Crippen LogP contribution is 2.27. The maximum absolute atomic E-state index is 9.58. The molecular weight excluding hydrogens is 318 g/mol. The van der Waals surface area contributed by atoms with Crippen molar-refractivity contribution in [1.82, 2.24) is 19.7 Å². The average Bonchev–Trinajstić information content (AvgIpc) is 3.27. The maximum atomic E-state index is 9.58. The van der Waals surface area contributed by atoms with Gasteiger partial charge in [-0.25, -0.2) is 9.67 Å². The Morgan fingerprint density at radius 3 is 2.72 bits per heavy atom.